The number of carbonyl (C=O) groups excluding carboxylic acids is 1. The van der Waals surface area contributed by atoms with Crippen LogP contribution in [0.3, 0.4) is 0 Å². The number of rotatable bonds is 8. The first-order valence-corrected chi connectivity index (χ1v) is 9.42. The molecular formula is C20H24FN5O3. The highest BCUT2D eigenvalue weighted by molar-refractivity contribution is 5.98. The minimum absolute atomic E-state index is 0.0807. The number of pyridine rings is 1. The molecule has 2 aromatic rings. The number of anilines is 3. The fourth-order valence-electron chi connectivity index (χ4n) is 3.16. The predicted octanol–water partition coefficient (Wildman–Crippen LogP) is 3.66. The maximum atomic E-state index is 14.6. The number of nitrogens with zero attached hydrogens (tertiary/aromatic N) is 2. The SMILES string of the molecule is CCC(Nc1nc(Nc2cccc(C)c2)c(C(N)=O)cc1F)N(C(=O)O)C1CC1. The molecule has 0 aliphatic heterocycles. The molecule has 1 heterocycles. The van der Waals surface area contributed by atoms with Crippen LogP contribution in [0.25, 0.3) is 0 Å². The Morgan fingerprint density at radius 2 is 2.07 bits per heavy atom. The normalized spacial score (nSPS) is 14.2. The van der Waals surface area contributed by atoms with Crippen LogP contribution in [0, 0.1) is 12.7 Å². The summed E-state index contributed by atoms with van der Waals surface area (Å²) in [6.07, 6.45) is 0.261. The van der Waals surface area contributed by atoms with E-state index >= 15 is 0 Å². The average Bonchev–Trinajstić information content (AvgIpc) is 3.47. The maximum absolute atomic E-state index is 14.6. The van der Waals surface area contributed by atoms with Crippen LogP contribution in [-0.2, 0) is 0 Å². The first kappa shape index (κ1) is 20.4. The summed E-state index contributed by atoms with van der Waals surface area (Å²) in [5.74, 6) is -1.66. The van der Waals surface area contributed by atoms with E-state index in [4.69, 9.17) is 5.73 Å². The molecule has 9 heteroatoms. The molecule has 0 bridgehead atoms. The second kappa shape index (κ2) is 8.34. The third kappa shape index (κ3) is 4.74. The largest absolute Gasteiger partial charge is 0.465 e. The molecule has 2 amide bonds. The quantitative estimate of drug-likeness (QED) is 0.501. The number of nitrogens with one attached hydrogen (secondary N) is 2. The molecule has 1 fully saturated rings. The monoisotopic (exact) mass is 401 g/mol. The molecule has 1 atom stereocenters. The lowest BCUT2D eigenvalue weighted by molar-refractivity contribution is 0.1000. The van der Waals surface area contributed by atoms with Crippen molar-refractivity contribution in [2.45, 2.75) is 45.3 Å². The Morgan fingerprint density at radius 3 is 2.62 bits per heavy atom. The standard InChI is InChI=1S/C20H24FN5O3/c1-3-16(26(20(28)29)13-7-8-13)24-19-15(21)10-14(17(22)27)18(25-19)23-12-6-4-5-11(2)9-12/h4-6,9-10,13,16H,3,7-8H2,1-2H3,(H2,22,27)(H,28,29)(H2,23,24,25). The number of halogens is 1. The van der Waals surface area contributed by atoms with Gasteiger partial charge in [-0.25, -0.2) is 14.2 Å². The van der Waals surface area contributed by atoms with Gasteiger partial charge in [-0.05, 0) is 49.9 Å². The molecule has 1 saturated carbocycles. The summed E-state index contributed by atoms with van der Waals surface area (Å²) >= 11 is 0. The van der Waals surface area contributed by atoms with E-state index in [0.717, 1.165) is 24.5 Å². The topological polar surface area (TPSA) is 121 Å². The highest BCUT2D eigenvalue weighted by atomic mass is 19.1. The van der Waals surface area contributed by atoms with Gasteiger partial charge in [0.25, 0.3) is 5.91 Å². The zero-order chi connectivity index (χ0) is 21.1. The van der Waals surface area contributed by atoms with Crippen molar-refractivity contribution in [3.63, 3.8) is 0 Å². The Hall–Kier alpha value is -3.36. The number of hydrogen-bond donors (Lipinski definition) is 4. The second-order valence-electron chi connectivity index (χ2n) is 7.06. The molecule has 3 rings (SSSR count). The predicted molar refractivity (Wildman–Crippen MR) is 108 cm³/mol. The third-order valence-electron chi connectivity index (χ3n) is 4.71. The average molecular weight is 401 g/mol. The van der Waals surface area contributed by atoms with Crippen molar-refractivity contribution >= 4 is 29.3 Å². The molecule has 154 valence electrons. The minimum Gasteiger partial charge on any atom is -0.465 e. The van der Waals surface area contributed by atoms with Gasteiger partial charge in [0.2, 0.25) is 0 Å². The van der Waals surface area contributed by atoms with Crippen molar-refractivity contribution in [2.75, 3.05) is 10.6 Å². The number of carbonyl (C=O) groups is 2. The van der Waals surface area contributed by atoms with E-state index in [1.165, 1.54) is 4.90 Å². The Kier molecular flexibility index (Phi) is 5.86. The number of aromatic nitrogens is 1. The van der Waals surface area contributed by atoms with E-state index in [2.05, 4.69) is 15.6 Å². The van der Waals surface area contributed by atoms with Crippen LogP contribution in [-0.4, -0.2) is 39.2 Å². The number of benzene rings is 1. The number of hydrogen-bond acceptors (Lipinski definition) is 5. The molecule has 5 N–H and O–H groups in total. The molecule has 0 radical (unpaired) electrons. The number of carboxylic acid groups (broad SMARTS) is 1. The lowest BCUT2D eigenvalue weighted by Gasteiger charge is -2.30. The van der Waals surface area contributed by atoms with Crippen LogP contribution in [0.1, 0.15) is 42.1 Å². The van der Waals surface area contributed by atoms with E-state index in [0.29, 0.717) is 12.1 Å². The van der Waals surface area contributed by atoms with Gasteiger partial charge in [0.15, 0.2) is 11.6 Å². The summed E-state index contributed by atoms with van der Waals surface area (Å²) in [6.45, 7) is 3.72. The fraction of sp³-hybridized carbons (Fsp3) is 0.350. The molecule has 0 saturated heterocycles. The summed E-state index contributed by atoms with van der Waals surface area (Å²) < 4.78 is 14.6. The fourth-order valence-corrected chi connectivity index (χ4v) is 3.16. The number of amides is 2. The Labute approximate surface area is 167 Å². The van der Waals surface area contributed by atoms with E-state index in [1.807, 2.05) is 25.1 Å². The van der Waals surface area contributed by atoms with E-state index in [9.17, 15) is 19.1 Å². The maximum Gasteiger partial charge on any atom is 0.409 e. The van der Waals surface area contributed by atoms with Crippen molar-refractivity contribution in [3.05, 3.63) is 47.3 Å². The summed E-state index contributed by atoms with van der Waals surface area (Å²) in [7, 11) is 0. The van der Waals surface area contributed by atoms with Gasteiger partial charge >= 0.3 is 6.09 Å². The van der Waals surface area contributed by atoms with E-state index in [1.54, 1.807) is 13.0 Å². The van der Waals surface area contributed by atoms with Crippen molar-refractivity contribution < 1.29 is 19.1 Å². The number of aryl methyl sites for hydroxylation is 1. The molecule has 1 aliphatic carbocycles. The summed E-state index contributed by atoms with van der Waals surface area (Å²) in [5.41, 5.74) is 6.94. The van der Waals surface area contributed by atoms with Crippen LogP contribution in [0.2, 0.25) is 0 Å². The van der Waals surface area contributed by atoms with Crippen LogP contribution in [0.5, 0.6) is 0 Å². The van der Waals surface area contributed by atoms with Gasteiger partial charge in [-0.2, -0.15) is 0 Å². The summed E-state index contributed by atoms with van der Waals surface area (Å²) in [4.78, 5) is 28.9. The molecule has 1 unspecified atom stereocenters. The summed E-state index contributed by atoms with van der Waals surface area (Å²) in [5, 5.41) is 15.4. The highest BCUT2D eigenvalue weighted by Gasteiger charge is 2.37. The van der Waals surface area contributed by atoms with Gasteiger partial charge in [-0.15, -0.1) is 0 Å². The highest BCUT2D eigenvalue weighted by Crippen LogP contribution is 2.31. The molecule has 0 spiro atoms. The van der Waals surface area contributed by atoms with Gasteiger partial charge in [-0.3, -0.25) is 9.69 Å². The van der Waals surface area contributed by atoms with E-state index < -0.39 is 24.0 Å². The Morgan fingerprint density at radius 1 is 1.34 bits per heavy atom. The molecule has 1 aromatic carbocycles. The van der Waals surface area contributed by atoms with Crippen molar-refractivity contribution in [1.29, 1.82) is 0 Å². The summed E-state index contributed by atoms with van der Waals surface area (Å²) in [6, 6.07) is 8.29. The van der Waals surface area contributed by atoms with Gasteiger partial charge < -0.3 is 21.5 Å². The number of nitrogens with two attached hydrogens (primary N) is 1. The third-order valence-corrected chi connectivity index (χ3v) is 4.71. The van der Waals surface area contributed by atoms with Gasteiger partial charge in [-0.1, -0.05) is 19.1 Å². The zero-order valence-electron chi connectivity index (χ0n) is 16.3. The van der Waals surface area contributed by atoms with Gasteiger partial charge in [0.05, 0.1) is 5.56 Å². The van der Waals surface area contributed by atoms with E-state index in [-0.39, 0.29) is 23.2 Å². The second-order valence-corrected chi connectivity index (χ2v) is 7.06. The first-order chi connectivity index (χ1) is 13.8. The zero-order valence-corrected chi connectivity index (χ0v) is 16.3. The van der Waals surface area contributed by atoms with Crippen molar-refractivity contribution in [3.8, 4) is 0 Å². The molecule has 8 nitrogen and oxygen atoms in total. The van der Waals surface area contributed by atoms with Crippen LogP contribution >= 0.6 is 0 Å². The van der Waals surface area contributed by atoms with Gasteiger partial charge in [0, 0.05) is 11.7 Å². The molecule has 1 aliphatic rings. The molecule has 29 heavy (non-hydrogen) atoms. The first-order valence-electron chi connectivity index (χ1n) is 9.42. The number of primary amides is 1. The Bertz CT molecular complexity index is 932. The lowest BCUT2D eigenvalue weighted by atomic mass is 10.2. The molecular weight excluding hydrogens is 377 g/mol. The van der Waals surface area contributed by atoms with Crippen LogP contribution in [0.15, 0.2) is 30.3 Å². The lowest BCUT2D eigenvalue weighted by Crippen LogP contribution is -2.45. The van der Waals surface area contributed by atoms with Crippen LogP contribution < -0.4 is 16.4 Å². The smallest absolute Gasteiger partial charge is 0.409 e. The van der Waals surface area contributed by atoms with Crippen molar-refractivity contribution in [2.24, 2.45) is 5.73 Å². The Balaban J connectivity index is 1.94. The van der Waals surface area contributed by atoms with Crippen LogP contribution in [0.4, 0.5) is 26.5 Å². The minimum atomic E-state index is -1.07. The molecule has 1 aromatic heterocycles. The van der Waals surface area contributed by atoms with Gasteiger partial charge in [0.1, 0.15) is 12.0 Å². The van der Waals surface area contributed by atoms with Crippen molar-refractivity contribution in [1.82, 2.24) is 9.88 Å².